The number of carbonyl (C=O) groups excluding carboxylic acids is 1. The first-order chi connectivity index (χ1) is 8.81. The third-order valence-corrected chi connectivity index (χ3v) is 2.65. The number of aromatic nitrogens is 1. The SMILES string of the molecule is CCOC(=O)[C@H](Cc1ccccc1)c1ccno1. The summed E-state index contributed by atoms with van der Waals surface area (Å²) in [5.41, 5.74) is 1.06. The summed E-state index contributed by atoms with van der Waals surface area (Å²) in [6.07, 6.45) is 2.08. The van der Waals surface area contributed by atoms with Crippen molar-refractivity contribution in [2.24, 2.45) is 0 Å². The van der Waals surface area contributed by atoms with Gasteiger partial charge in [0.05, 0.1) is 12.8 Å². The molecule has 0 aliphatic rings. The Kier molecular flexibility index (Phi) is 4.12. The fourth-order valence-corrected chi connectivity index (χ4v) is 1.80. The largest absolute Gasteiger partial charge is 0.465 e. The maximum absolute atomic E-state index is 11.9. The van der Waals surface area contributed by atoms with Crippen LogP contribution in [0.4, 0.5) is 0 Å². The summed E-state index contributed by atoms with van der Waals surface area (Å²) < 4.78 is 10.2. The zero-order valence-corrected chi connectivity index (χ0v) is 10.2. The van der Waals surface area contributed by atoms with Gasteiger partial charge in [-0.1, -0.05) is 35.5 Å². The van der Waals surface area contributed by atoms with Crippen LogP contribution in [0.15, 0.2) is 47.1 Å². The second-order valence-electron chi connectivity index (χ2n) is 3.91. The van der Waals surface area contributed by atoms with E-state index in [1.807, 2.05) is 30.3 Å². The molecule has 2 aromatic rings. The molecular weight excluding hydrogens is 230 g/mol. The van der Waals surface area contributed by atoms with Gasteiger partial charge >= 0.3 is 5.97 Å². The van der Waals surface area contributed by atoms with Crippen LogP contribution in [0.3, 0.4) is 0 Å². The zero-order valence-electron chi connectivity index (χ0n) is 10.2. The minimum absolute atomic E-state index is 0.280. The Labute approximate surface area is 106 Å². The topological polar surface area (TPSA) is 52.3 Å². The van der Waals surface area contributed by atoms with Gasteiger partial charge in [0.25, 0.3) is 0 Å². The maximum Gasteiger partial charge on any atom is 0.317 e. The number of ether oxygens (including phenoxy) is 1. The molecule has 1 aromatic heterocycles. The average Bonchev–Trinajstić information content (AvgIpc) is 2.91. The van der Waals surface area contributed by atoms with E-state index < -0.39 is 5.92 Å². The lowest BCUT2D eigenvalue weighted by atomic mass is 9.97. The van der Waals surface area contributed by atoms with Crippen molar-refractivity contribution in [3.05, 3.63) is 53.9 Å². The standard InChI is InChI=1S/C14H15NO3/c1-2-17-14(16)12(13-8-9-15-18-13)10-11-6-4-3-5-7-11/h3-9,12H,2,10H2,1H3/t12-/m1/s1. The van der Waals surface area contributed by atoms with Crippen LogP contribution in [0.25, 0.3) is 0 Å². The Hall–Kier alpha value is -2.10. The van der Waals surface area contributed by atoms with Crippen LogP contribution in [0.2, 0.25) is 0 Å². The van der Waals surface area contributed by atoms with Crippen molar-refractivity contribution in [3.63, 3.8) is 0 Å². The number of rotatable bonds is 5. The predicted octanol–water partition coefficient (Wildman–Crippen LogP) is 2.56. The summed E-state index contributed by atoms with van der Waals surface area (Å²) in [7, 11) is 0. The molecule has 0 bridgehead atoms. The Bertz CT molecular complexity index is 479. The second kappa shape index (κ2) is 6.00. The molecule has 0 N–H and O–H groups in total. The Morgan fingerprint density at radius 2 is 2.11 bits per heavy atom. The van der Waals surface area contributed by atoms with E-state index in [0.29, 0.717) is 18.8 Å². The van der Waals surface area contributed by atoms with Gasteiger partial charge in [-0.15, -0.1) is 0 Å². The van der Waals surface area contributed by atoms with Crippen molar-refractivity contribution in [3.8, 4) is 0 Å². The van der Waals surface area contributed by atoms with Gasteiger partial charge in [0.2, 0.25) is 0 Å². The molecule has 18 heavy (non-hydrogen) atoms. The lowest BCUT2D eigenvalue weighted by Crippen LogP contribution is -2.17. The highest BCUT2D eigenvalue weighted by molar-refractivity contribution is 5.77. The quantitative estimate of drug-likeness (QED) is 0.760. The highest BCUT2D eigenvalue weighted by atomic mass is 16.5. The number of esters is 1. The number of carbonyl (C=O) groups is 1. The van der Waals surface area contributed by atoms with Crippen molar-refractivity contribution in [1.29, 1.82) is 0 Å². The molecule has 0 fully saturated rings. The molecule has 94 valence electrons. The molecule has 0 aliphatic carbocycles. The first-order valence-electron chi connectivity index (χ1n) is 5.92. The van der Waals surface area contributed by atoms with E-state index in [9.17, 15) is 4.79 Å². The molecule has 0 aliphatic heterocycles. The smallest absolute Gasteiger partial charge is 0.317 e. The lowest BCUT2D eigenvalue weighted by Gasteiger charge is -2.12. The molecule has 4 heteroatoms. The molecule has 0 saturated heterocycles. The van der Waals surface area contributed by atoms with E-state index >= 15 is 0 Å². The van der Waals surface area contributed by atoms with Crippen LogP contribution >= 0.6 is 0 Å². The number of nitrogens with zero attached hydrogens (tertiary/aromatic N) is 1. The van der Waals surface area contributed by atoms with E-state index in [4.69, 9.17) is 9.26 Å². The molecule has 0 spiro atoms. The van der Waals surface area contributed by atoms with Gasteiger partial charge < -0.3 is 9.26 Å². The normalized spacial score (nSPS) is 12.1. The van der Waals surface area contributed by atoms with Crippen LogP contribution in [-0.2, 0) is 16.0 Å². The van der Waals surface area contributed by atoms with Crippen LogP contribution < -0.4 is 0 Å². The summed E-state index contributed by atoms with van der Waals surface area (Å²) >= 11 is 0. The fraction of sp³-hybridized carbons (Fsp3) is 0.286. The number of benzene rings is 1. The van der Waals surface area contributed by atoms with E-state index in [2.05, 4.69) is 5.16 Å². The average molecular weight is 245 g/mol. The minimum Gasteiger partial charge on any atom is -0.465 e. The monoisotopic (exact) mass is 245 g/mol. The van der Waals surface area contributed by atoms with Crippen molar-refractivity contribution in [1.82, 2.24) is 5.16 Å². The highest BCUT2D eigenvalue weighted by Crippen LogP contribution is 2.22. The number of hydrogen-bond acceptors (Lipinski definition) is 4. The van der Waals surface area contributed by atoms with Crippen molar-refractivity contribution >= 4 is 5.97 Å². The van der Waals surface area contributed by atoms with Crippen molar-refractivity contribution in [2.45, 2.75) is 19.3 Å². The molecule has 0 unspecified atom stereocenters. The molecule has 1 atom stereocenters. The van der Waals surface area contributed by atoms with Crippen molar-refractivity contribution < 1.29 is 14.1 Å². The van der Waals surface area contributed by atoms with Crippen LogP contribution in [-0.4, -0.2) is 17.7 Å². The summed E-state index contributed by atoms with van der Waals surface area (Å²) in [6, 6.07) is 11.5. The summed E-state index contributed by atoms with van der Waals surface area (Å²) in [4.78, 5) is 11.9. The van der Waals surface area contributed by atoms with Crippen LogP contribution in [0.5, 0.6) is 0 Å². The maximum atomic E-state index is 11.9. The minimum atomic E-state index is -0.435. The van der Waals surface area contributed by atoms with Gasteiger partial charge in [-0.2, -0.15) is 0 Å². The zero-order chi connectivity index (χ0) is 12.8. The first-order valence-corrected chi connectivity index (χ1v) is 5.92. The van der Waals surface area contributed by atoms with E-state index in [0.717, 1.165) is 5.56 Å². The van der Waals surface area contributed by atoms with Gasteiger partial charge in [-0.25, -0.2) is 0 Å². The van der Waals surface area contributed by atoms with E-state index in [1.165, 1.54) is 6.20 Å². The van der Waals surface area contributed by atoms with Crippen LogP contribution in [0.1, 0.15) is 24.2 Å². The fourth-order valence-electron chi connectivity index (χ4n) is 1.80. The summed E-state index contributed by atoms with van der Waals surface area (Å²) in [5.74, 6) is -0.176. The molecule has 4 nitrogen and oxygen atoms in total. The van der Waals surface area contributed by atoms with Crippen molar-refractivity contribution in [2.75, 3.05) is 6.61 Å². The van der Waals surface area contributed by atoms with Gasteiger partial charge in [-0.3, -0.25) is 4.79 Å². The summed E-state index contributed by atoms with van der Waals surface area (Å²) in [6.45, 7) is 2.15. The van der Waals surface area contributed by atoms with E-state index in [-0.39, 0.29) is 5.97 Å². The van der Waals surface area contributed by atoms with E-state index in [1.54, 1.807) is 13.0 Å². The molecule has 0 amide bonds. The Morgan fingerprint density at radius 1 is 1.33 bits per heavy atom. The predicted molar refractivity (Wildman–Crippen MR) is 66.0 cm³/mol. The third kappa shape index (κ3) is 2.97. The first kappa shape index (κ1) is 12.4. The van der Waals surface area contributed by atoms with Gasteiger partial charge in [0.15, 0.2) is 5.76 Å². The lowest BCUT2D eigenvalue weighted by molar-refractivity contribution is -0.145. The molecule has 2 rings (SSSR count). The third-order valence-electron chi connectivity index (χ3n) is 2.65. The van der Waals surface area contributed by atoms with Gasteiger partial charge in [-0.05, 0) is 18.9 Å². The Morgan fingerprint density at radius 3 is 2.72 bits per heavy atom. The molecule has 1 aromatic carbocycles. The van der Waals surface area contributed by atoms with Gasteiger partial charge in [0, 0.05) is 6.07 Å². The highest BCUT2D eigenvalue weighted by Gasteiger charge is 2.25. The molecular formula is C14H15NO3. The van der Waals surface area contributed by atoms with Gasteiger partial charge in [0.1, 0.15) is 5.92 Å². The second-order valence-corrected chi connectivity index (χ2v) is 3.91. The molecule has 1 heterocycles. The summed E-state index contributed by atoms with van der Waals surface area (Å²) in [5, 5.41) is 3.64. The molecule has 0 radical (unpaired) electrons. The Balaban J connectivity index is 2.18. The molecule has 0 saturated carbocycles. The number of hydrogen-bond donors (Lipinski definition) is 0. The van der Waals surface area contributed by atoms with Crippen LogP contribution in [0, 0.1) is 0 Å².